The van der Waals surface area contributed by atoms with Crippen LogP contribution in [0.1, 0.15) is 30.1 Å². The van der Waals surface area contributed by atoms with Crippen molar-refractivity contribution in [1.29, 1.82) is 0 Å². The zero-order valence-electron chi connectivity index (χ0n) is 13.1. The highest BCUT2D eigenvalue weighted by Gasteiger charge is 2.40. The van der Waals surface area contributed by atoms with Crippen molar-refractivity contribution < 1.29 is 9.59 Å². The van der Waals surface area contributed by atoms with E-state index in [-0.39, 0.29) is 18.1 Å². The van der Waals surface area contributed by atoms with Gasteiger partial charge in [0.1, 0.15) is 0 Å². The quantitative estimate of drug-likeness (QED) is 0.815. The molecule has 0 aliphatic carbocycles. The number of rotatable bonds is 4. The summed E-state index contributed by atoms with van der Waals surface area (Å²) in [6.45, 7) is 2.51. The minimum atomic E-state index is -0.190. The second-order valence-corrected chi connectivity index (χ2v) is 5.91. The summed E-state index contributed by atoms with van der Waals surface area (Å²) >= 11 is 0. The summed E-state index contributed by atoms with van der Waals surface area (Å²) in [6, 6.07) is 19.4. The Labute approximate surface area is 136 Å². The number of carbonyl (C=O) groups excluding carboxylic acids is 2. The Morgan fingerprint density at radius 1 is 0.826 bits per heavy atom. The topological polar surface area (TPSA) is 40.6 Å². The Balaban J connectivity index is 2.12. The maximum absolute atomic E-state index is 11.7. The summed E-state index contributed by atoms with van der Waals surface area (Å²) in [5, 5.41) is 0. The molecule has 1 saturated heterocycles. The Bertz CT molecular complexity index is 660. The highest BCUT2D eigenvalue weighted by Crippen LogP contribution is 2.41. The van der Waals surface area contributed by atoms with E-state index in [2.05, 4.69) is 0 Å². The largest absolute Gasteiger partial charge is 0.334 e. The summed E-state index contributed by atoms with van der Waals surface area (Å²) in [6.07, 6.45) is 1.80. The van der Waals surface area contributed by atoms with Crippen LogP contribution in [-0.2, 0) is 9.59 Å². The summed E-state index contributed by atoms with van der Waals surface area (Å²) in [5.41, 5.74) is 2.07. The van der Waals surface area contributed by atoms with Crippen LogP contribution in [0.5, 0.6) is 0 Å². The molecule has 3 rings (SSSR count). The van der Waals surface area contributed by atoms with Crippen LogP contribution < -0.4 is 0 Å². The molecule has 0 unspecified atom stereocenters. The molecule has 3 atom stereocenters. The van der Waals surface area contributed by atoms with Crippen molar-refractivity contribution in [2.45, 2.75) is 25.0 Å². The Morgan fingerprint density at radius 3 is 1.83 bits per heavy atom. The van der Waals surface area contributed by atoms with Gasteiger partial charge in [0.25, 0.3) is 0 Å². The molecule has 1 aliphatic rings. The molecule has 4 heteroatoms. The van der Waals surface area contributed by atoms with Gasteiger partial charge in [0.15, 0.2) is 0 Å². The summed E-state index contributed by atoms with van der Waals surface area (Å²) in [5.74, 6) is 0. The average Bonchev–Trinajstić information content (AvgIpc) is 2.62. The second-order valence-electron chi connectivity index (χ2n) is 5.91. The lowest BCUT2D eigenvalue weighted by Crippen LogP contribution is -2.53. The van der Waals surface area contributed by atoms with Crippen molar-refractivity contribution in [3.05, 3.63) is 71.8 Å². The molecule has 0 N–H and O–H groups in total. The summed E-state index contributed by atoms with van der Waals surface area (Å²) < 4.78 is 0. The standard InChI is InChI=1S/C19H20N2O2/c1-15-12-20(13-22)18(16-8-4-2-5-9-16)19(21(15)14-23)17-10-6-3-7-11-17/h2-11,13-15,18-19H,12H2,1H3/t15-,18+,19+/m0/s1. The number of piperazine rings is 1. The zero-order valence-corrected chi connectivity index (χ0v) is 13.1. The Morgan fingerprint density at radius 2 is 1.35 bits per heavy atom. The van der Waals surface area contributed by atoms with Gasteiger partial charge in [0.2, 0.25) is 12.8 Å². The molecule has 0 saturated carbocycles. The number of hydrogen-bond acceptors (Lipinski definition) is 2. The highest BCUT2D eigenvalue weighted by molar-refractivity contribution is 5.55. The summed E-state index contributed by atoms with van der Waals surface area (Å²) in [7, 11) is 0. The first kappa shape index (κ1) is 15.3. The lowest BCUT2D eigenvalue weighted by atomic mass is 9.87. The maximum atomic E-state index is 11.7. The Hall–Kier alpha value is -2.62. The lowest BCUT2D eigenvalue weighted by molar-refractivity contribution is -0.137. The first-order valence-corrected chi connectivity index (χ1v) is 7.80. The van der Waals surface area contributed by atoms with Gasteiger partial charge in [-0.05, 0) is 18.1 Å². The molecule has 118 valence electrons. The molecule has 4 nitrogen and oxygen atoms in total. The van der Waals surface area contributed by atoms with E-state index in [4.69, 9.17) is 0 Å². The minimum absolute atomic E-state index is 0.0251. The molecule has 1 fully saturated rings. The number of benzene rings is 2. The van der Waals surface area contributed by atoms with Gasteiger partial charge in [-0.3, -0.25) is 9.59 Å². The van der Waals surface area contributed by atoms with E-state index in [0.29, 0.717) is 6.54 Å². The number of carbonyl (C=O) groups is 2. The number of amides is 2. The summed E-state index contributed by atoms with van der Waals surface area (Å²) in [4.78, 5) is 27.1. The van der Waals surface area contributed by atoms with E-state index >= 15 is 0 Å². The van der Waals surface area contributed by atoms with Crippen LogP contribution in [0, 0.1) is 0 Å². The van der Waals surface area contributed by atoms with Crippen LogP contribution in [0.15, 0.2) is 60.7 Å². The van der Waals surface area contributed by atoms with E-state index in [1.165, 1.54) is 0 Å². The fourth-order valence-electron chi connectivity index (χ4n) is 3.44. The van der Waals surface area contributed by atoms with E-state index in [1.807, 2.05) is 72.5 Å². The highest BCUT2D eigenvalue weighted by atomic mass is 16.1. The average molecular weight is 308 g/mol. The molecule has 0 radical (unpaired) electrons. The van der Waals surface area contributed by atoms with E-state index < -0.39 is 0 Å². The fourth-order valence-corrected chi connectivity index (χ4v) is 3.44. The smallest absolute Gasteiger partial charge is 0.210 e. The van der Waals surface area contributed by atoms with Crippen LogP contribution in [0.25, 0.3) is 0 Å². The van der Waals surface area contributed by atoms with Gasteiger partial charge in [-0.1, -0.05) is 60.7 Å². The molecule has 0 aromatic heterocycles. The van der Waals surface area contributed by atoms with E-state index in [1.54, 1.807) is 4.90 Å². The van der Waals surface area contributed by atoms with Gasteiger partial charge in [-0.25, -0.2) is 0 Å². The van der Waals surface area contributed by atoms with Crippen LogP contribution >= 0.6 is 0 Å². The minimum Gasteiger partial charge on any atom is -0.334 e. The predicted molar refractivity (Wildman–Crippen MR) is 88.5 cm³/mol. The number of hydrogen-bond donors (Lipinski definition) is 0. The monoisotopic (exact) mass is 308 g/mol. The predicted octanol–water partition coefficient (Wildman–Crippen LogP) is 2.79. The Kier molecular flexibility index (Phi) is 4.42. The lowest BCUT2D eigenvalue weighted by Gasteiger charge is -2.48. The van der Waals surface area contributed by atoms with Crippen molar-refractivity contribution in [1.82, 2.24) is 9.80 Å². The van der Waals surface area contributed by atoms with Crippen LogP contribution in [-0.4, -0.2) is 35.2 Å². The third kappa shape index (κ3) is 2.84. The molecule has 2 aromatic carbocycles. The fraction of sp³-hybridized carbons (Fsp3) is 0.263. The van der Waals surface area contributed by atoms with Gasteiger partial charge in [0, 0.05) is 12.6 Å². The van der Waals surface area contributed by atoms with Crippen molar-refractivity contribution in [2.24, 2.45) is 0 Å². The second kappa shape index (κ2) is 6.65. The molecule has 0 bridgehead atoms. The van der Waals surface area contributed by atoms with E-state index in [9.17, 15) is 9.59 Å². The van der Waals surface area contributed by atoms with Crippen LogP contribution in [0.3, 0.4) is 0 Å². The van der Waals surface area contributed by atoms with Crippen LogP contribution in [0.2, 0.25) is 0 Å². The third-order valence-corrected chi connectivity index (χ3v) is 4.50. The normalized spacial score (nSPS) is 24.3. The van der Waals surface area contributed by atoms with Gasteiger partial charge in [0.05, 0.1) is 12.1 Å². The van der Waals surface area contributed by atoms with Crippen LogP contribution in [0.4, 0.5) is 0 Å². The third-order valence-electron chi connectivity index (χ3n) is 4.50. The first-order chi connectivity index (χ1) is 11.3. The van der Waals surface area contributed by atoms with Crippen molar-refractivity contribution in [3.63, 3.8) is 0 Å². The maximum Gasteiger partial charge on any atom is 0.210 e. The molecule has 1 heterocycles. The van der Waals surface area contributed by atoms with Crippen molar-refractivity contribution in [3.8, 4) is 0 Å². The molecule has 2 amide bonds. The van der Waals surface area contributed by atoms with Gasteiger partial charge >= 0.3 is 0 Å². The SMILES string of the molecule is C[C@H]1CN(C=O)[C@H](c2ccccc2)[C@@H](c2ccccc2)N1C=O. The van der Waals surface area contributed by atoms with Crippen molar-refractivity contribution in [2.75, 3.05) is 6.54 Å². The first-order valence-electron chi connectivity index (χ1n) is 7.80. The van der Waals surface area contributed by atoms with E-state index in [0.717, 1.165) is 23.9 Å². The molecule has 23 heavy (non-hydrogen) atoms. The molecule has 2 aromatic rings. The van der Waals surface area contributed by atoms with Gasteiger partial charge in [-0.2, -0.15) is 0 Å². The number of nitrogens with zero attached hydrogens (tertiary/aromatic N) is 2. The van der Waals surface area contributed by atoms with Crippen molar-refractivity contribution >= 4 is 12.8 Å². The molecule has 1 aliphatic heterocycles. The molecular formula is C19H20N2O2. The zero-order chi connectivity index (χ0) is 16.2. The molecule has 0 spiro atoms. The van der Waals surface area contributed by atoms with Gasteiger partial charge < -0.3 is 9.80 Å². The van der Waals surface area contributed by atoms with Gasteiger partial charge in [-0.15, -0.1) is 0 Å². The molecular weight excluding hydrogens is 288 g/mol.